The van der Waals surface area contributed by atoms with E-state index in [0.29, 0.717) is 6.04 Å². The summed E-state index contributed by atoms with van der Waals surface area (Å²) in [6.45, 7) is 3.26. The van der Waals surface area contributed by atoms with E-state index in [2.05, 4.69) is 11.8 Å². The first kappa shape index (κ1) is 11.3. The van der Waals surface area contributed by atoms with Gasteiger partial charge in [-0.1, -0.05) is 19.8 Å². The predicted octanol–water partition coefficient (Wildman–Crippen LogP) is 2.65. The molecule has 3 heteroatoms. The van der Waals surface area contributed by atoms with E-state index < -0.39 is 0 Å². The maximum atomic E-state index is 11.7. The highest BCUT2D eigenvalue weighted by Crippen LogP contribution is 2.38. The number of amides is 1. The summed E-state index contributed by atoms with van der Waals surface area (Å²) in [7, 11) is 0. The first-order valence-corrected chi connectivity index (χ1v) is 6.63. The topological polar surface area (TPSA) is 20.3 Å². The number of carbonyl (C=O) groups excluding carboxylic acids is 1. The third-order valence-corrected chi connectivity index (χ3v) is 4.40. The van der Waals surface area contributed by atoms with Gasteiger partial charge in [-0.25, -0.2) is 0 Å². The zero-order valence-corrected chi connectivity index (χ0v) is 10.2. The number of fused-ring (bicyclic) bond motifs is 1. The van der Waals surface area contributed by atoms with E-state index in [9.17, 15) is 4.79 Å². The number of hydrogen-bond acceptors (Lipinski definition) is 1. The van der Waals surface area contributed by atoms with E-state index in [-0.39, 0.29) is 11.8 Å². The van der Waals surface area contributed by atoms with Crippen LogP contribution in [0.4, 0.5) is 0 Å². The summed E-state index contributed by atoms with van der Waals surface area (Å²) in [4.78, 5) is 13.8. The zero-order valence-electron chi connectivity index (χ0n) is 9.42. The maximum Gasteiger partial charge on any atom is 0.237 e. The molecule has 0 bridgehead atoms. The van der Waals surface area contributed by atoms with Crippen LogP contribution in [0, 0.1) is 11.8 Å². The van der Waals surface area contributed by atoms with Gasteiger partial charge in [-0.2, -0.15) is 0 Å². The Kier molecular flexibility index (Phi) is 3.55. The normalized spacial score (nSPS) is 36.1. The summed E-state index contributed by atoms with van der Waals surface area (Å²) in [6.07, 6.45) is 6.27. The molecule has 2 nitrogen and oxygen atoms in total. The van der Waals surface area contributed by atoms with E-state index >= 15 is 0 Å². The fraction of sp³-hybridized carbons (Fsp3) is 0.917. The van der Waals surface area contributed by atoms with Crippen molar-refractivity contribution in [1.82, 2.24) is 4.90 Å². The third-order valence-electron chi connectivity index (χ3n) is 4.17. The number of likely N-dealkylation sites (tertiary alicyclic amines) is 1. The van der Waals surface area contributed by atoms with Gasteiger partial charge in [0.2, 0.25) is 5.91 Å². The third kappa shape index (κ3) is 2.15. The fourth-order valence-electron chi connectivity index (χ4n) is 3.30. The summed E-state index contributed by atoms with van der Waals surface area (Å²) in [5.41, 5.74) is 0. The quantitative estimate of drug-likeness (QED) is 0.633. The molecule has 1 saturated carbocycles. The Bertz CT molecular complexity index is 244. The van der Waals surface area contributed by atoms with Crippen LogP contribution in [-0.2, 0) is 4.79 Å². The van der Waals surface area contributed by atoms with Crippen molar-refractivity contribution in [2.45, 2.75) is 45.1 Å². The van der Waals surface area contributed by atoms with E-state index in [1.165, 1.54) is 25.7 Å². The molecule has 2 aliphatic rings. The molecule has 1 saturated heterocycles. The molecule has 15 heavy (non-hydrogen) atoms. The van der Waals surface area contributed by atoms with Gasteiger partial charge in [0.1, 0.15) is 5.88 Å². The molecule has 2 rings (SSSR count). The minimum absolute atomic E-state index is 0.139. The highest BCUT2D eigenvalue weighted by atomic mass is 35.5. The molecule has 0 aromatic carbocycles. The van der Waals surface area contributed by atoms with E-state index in [1.807, 2.05) is 0 Å². The molecule has 0 N–H and O–H groups in total. The van der Waals surface area contributed by atoms with Gasteiger partial charge in [-0.05, 0) is 31.1 Å². The van der Waals surface area contributed by atoms with Gasteiger partial charge in [0.25, 0.3) is 0 Å². The number of carbonyl (C=O) groups is 1. The smallest absolute Gasteiger partial charge is 0.237 e. The van der Waals surface area contributed by atoms with Gasteiger partial charge in [0.15, 0.2) is 0 Å². The highest BCUT2D eigenvalue weighted by Gasteiger charge is 2.38. The molecule has 0 aromatic heterocycles. The van der Waals surface area contributed by atoms with Crippen LogP contribution in [0.5, 0.6) is 0 Å². The lowest BCUT2D eigenvalue weighted by Crippen LogP contribution is -2.52. The fourth-order valence-corrected chi connectivity index (χ4v) is 3.45. The second kappa shape index (κ2) is 4.73. The lowest BCUT2D eigenvalue weighted by Gasteiger charge is -2.47. The molecule has 1 aliphatic carbocycles. The number of alkyl halides is 1. The standard InChI is InChI=1S/C12H20ClNO/c1-9-6-7-14(12(15)8-13)11-5-3-2-4-10(9)11/h9-11H,2-8H2,1H3. The van der Waals surface area contributed by atoms with Crippen molar-refractivity contribution in [2.75, 3.05) is 12.4 Å². The maximum absolute atomic E-state index is 11.7. The SMILES string of the molecule is CC1CCN(C(=O)CCl)C2CCCCC12. The van der Waals surface area contributed by atoms with Crippen molar-refractivity contribution in [1.29, 1.82) is 0 Å². The van der Waals surface area contributed by atoms with Crippen LogP contribution in [0.25, 0.3) is 0 Å². The first-order valence-electron chi connectivity index (χ1n) is 6.09. The lowest BCUT2D eigenvalue weighted by molar-refractivity contribution is -0.136. The van der Waals surface area contributed by atoms with Crippen molar-refractivity contribution in [3.63, 3.8) is 0 Å². The van der Waals surface area contributed by atoms with Gasteiger partial charge < -0.3 is 4.90 Å². The van der Waals surface area contributed by atoms with Gasteiger partial charge in [-0.3, -0.25) is 4.79 Å². The Morgan fingerprint density at radius 2 is 2.07 bits per heavy atom. The van der Waals surface area contributed by atoms with Crippen molar-refractivity contribution in [3.8, 4) is 0 Å². The minimum atomic E-state index is 0.139. The Balaban J connectivity index is 2.10. The van der Waals surface area contributed by atoms with Gasteiger partial charge in [0, 0.05) is 12.6 Å². The Morgan fingerprint density at radius 1 is 1.33 bits per heavy atom. The second-order valence-electron chi connectivity index (χ2n) is 5.00. The Labute approximate surface area is 97.0 Å². The van der Waals surface area contributed by atoms with Crippen LogP contribution in [0.2, 0.25) is 0 Å². The van der Waals surface area contributed by atoms with Crippen molar-refractivity contribution >= 4 is 17.5 Å². The monoisotopic (exact) mass is 229 g/mol. The van der Waals surface area contributed by atoms with E-state index in [0.717, 1.165) is 24.8 Å². The molecular formula is C12H20ClNO. The molecule has 1 amide bonds. The van der Waals surface area contributed by atoms with Crippen molar-refractivity contribution < 1.29 is 4.79 Å². The largest absolute Gasteiger partial charge is 0.338 e. The molecule has 0 radical (unpaired) electrons. The summed E-state index contributed by atoms with van der Waals surface area (Å²) in [5.74, 6) is 1.81. The average molecular weight is 230 g/mol. The number of rotatable bonds is 1. The van der Waals surface area contributed by atoms with Gasteiger partial charge in [0.05, 0.1) is 0 Å². The van der Waals surface area contributed by atoms with Crippen molar-refractivity contribution in [3.05, 3.63) is 0 Å². The van der Waals surface area contributed by atoms with E-state index in [1.54, 1.807) is 0 Å². The first-order chi connectivity index (χ1) is 7.24. The summed E-state index contributed by atoms with van der Waals surface area (Å²) in [5, 5.41) is 0. The van der Waals surface area contributed by atoms with Crippen LogP contribution < -0.4 is 0 Å². The number of nitrogens with zero attached hydrogens (tertiary/aromatic N) is 1. The molecule has 86 valence electrons. The van der Waals surface area contributed by atoms with Gasteiger partial charge >= 0.3 is 0 Å². The van der Waals surface area contributed by atoms with Gasteiger partial charge in [-0.15, -0.1) is 11.6 Å². The highest BCUT2D eigenvalue weighted by molar-refractivity contribution is 6.27. The second-order valence-corrected chi connectivity index (χ2v) is 5.27. The van der Waals surface area contributed by atoms with Crippen LogP contribution in [-0.4, -0.2) is 29.3 Å². The lowest BCUT2D eigenvalue weighted by atomic mass is 9.72. The zero-order chi connectivity index (χ0) is 10.8. The summed E-state index contributed by atoms with van der Waals surface area (Å²) < 4.78 is 0. The van der Waals surface area contributed by atoms with E-state index in [4.69, 9.17) is 11.6 Å². The molecule has 3 unspecified atom stereocenters. The molecule has 1 aliphatic heterocycles. The van der Waals surface area contributed by atoms with Crippen LogP contribution in [0.3, 0.4) is 0 Å². The summed E-state index contributed by atoms with van der Waals surface area (Å²) in [6, 6.07) is 0.494. The molecule has 2 fully saturated rings. The molecular weight excluding hydrogens is 210 g/mol. The number of piperidine rings is 1. The predicted molar refractivity (Wildman–Crippen MR) is 62.0 cm³/mol. The number of halogens is 1. The Morgan fingerprint density at radius 3 is 2.80 bits per heavy atom. The molecule has 3 atom stereocenters. The van der Waals surface area contributed by atoms with Crippen LogP contribution in [0.1, 0.15) is 39.0 Å². The average Bonchev–Trinajstić information content (AvgIpc) is 2.29. The molecule has 1 heterocycles. The molecule has 0 aromatic rings. The Hall–Kier alpha value is -0.240. The number of hydrogen-bond donors (Lipinski definition) is 0. The van der Waals surface area contributed by atoms with Crippen LogP contribution in [0.15, 0.2) is 0 Å². The molecule has 0 spiro atoms. The minimum Gasteiger partial charge on any atom is -0.338 e. The van der Waals surface area contributed by atoms with Crippen LogP contribution >= 0.6 is 11.6 Å². The van der Waals surface area contributed by atoms with Crippen molar-refractivity contribution in [2.24, 2.45) is 11.8 Å². The summed E-state index contributed by atoms with van der Waals surface area (Å²) >= 11 is 5.66.